The summed E-state index contributed by atoms with van der Waals surface area (Å²) in [5.74, 6) is 0. The molecule has 0 aliphatic rings. The number of benzene rings is 1. The summed E-state index contributed by atoms with van der Waals surface area (Å²) in [7, 11) is 0. The lowest BCUT2D eigenvalue weighted by atomic mass is 9.99. The first-order chi connectivity index (χ1) is 7.33. The van der Waals surface area contributed by atoms with Gasteiger partial charge in [-0.05, 0) is 30.0 Å². The normalized spacial score (nSPS) is 9.60. The van der Waals surface area contributed by atoms with E-state index in [0.29, 0.717) is 0 Å². The Morgan fingerprint density at radius 2 is 1.93 bits per heavy atom. The minimum Gasteiger partial charge on any atom is -0.0984 e. The van der Waals surface area contributed by atoms with E-state index in [-0.39, 0.29) is 0 Å². The van der Waals surface area contributed by atoms with Crippen LogP contribution in [0.4, 0.5) is 0 Å². The molecule has 82 valence electrons. The van der Waals surface area contributed by atoms with Gasteiger partial charge in [-0.2, -0.15) is 0 Å². The SMILES string of the molecule is C=Cc1c(/C=C\C)cccc1CC.CC. The van der Waals surface area contributed by atoms with Crippen LogP contribution >= 0.6 is 0 Å². The summed E-state index contributed by atoms with van der Waals surface area (Å²) in [5, 5.41) is 0. The maximum absolute atomic E-state index is 3.85. The lowest BCUT2D eigenvalue weighted by Gasteiger charge is -2.06. The maximum Gasteiger partial charge on any atom is -0.0158 e. The Morgan fingerprint density at radius 1 is 1.27 bits per heavy atom. The predicted molar refractivity (Wildman–Crippen MR) is 72.0 cm³/mol. The second-order valence-corrected chi connectivity index (χ2v) is 2.98. The monoisotopic (exact) mass is 202 g/mol. The quantitative estimate of drug-likeness (QED) is 0.650. The van der Waals surface area contributed by atoms with Crippen LogP contribution in [0.2, 0.25) is 0 Å². The molecule has 1 rings (SSSR count). The van der Waals surface area contributed by atoms with Crippen LogP contribution in [0.25, 0.3) is 12.2 Å². The fraction of sp³-hybridized carbons (Fsp3) is 0.333. The standard InChI is InChI=1S/C13H16.C2H6/c1-4-8-12-10-7-9-11(5-2)13(12)6-3;1-2/h4,6-10H,3,5H2,1-2H3;1-2H3/b8-4-;. The fourth-order valence-corrected chi connectivity index (χ4v) is 1.52. The third kappa shape index (κ3) is 3.75. The van der Waals surface area contributed by atoms with Crippen molar-refractivity contribution in [3.8, 4) is 0 Å². The molecule has 1 aromatic carbocycles. The van der Waals surface area contributed by atoms with Crippen molar-refractivity contribution < 1.29 is 0 Å². The van der Waals surface area contributed by atoms with E-state index in [9.17, 15) is 0 Å². The van der Waals surface area contributed by atoms with E-state index in [1.165, 1.54) is 16.7 Å². The first kappa shape index (κ1) is 13.7. The second-order valence-electron chi connectivity index (χ2n) is 2.98. The van der Waals surface area contributed by atoms with E-state index in [1.54, 1.807) is 0 Å². The molecule has 15 heavy (non-hydrogen) atoms. The van der Waals surface area contributed by atoms with Gasteiger partial charge in [0.05, 0.1) is 0 Å². The van der Waals surface area contributed by atoms with E-state index in [1.807, 2.05) is 26.8 Å². The Bertz CT molecular complexity index is 319. The van der Waals surface area contributed by atoms with Crippen molar-refractivity contribution in [3.05, 3.63) is 47.5 Å². The van der Waals surface area contributed by atoms with Crippen LogP contribution in [0.3, 0.4) is 0 Å². The summed E-state index contributed by atoms with van der Waals surface area (Å²) in [5.41, 5.74) is 3.89. The number of hydrogen-bond acceptors (Lipinski definition) is 0. The Hall–Kier alpha value is -1.30. The van der Waals surface area contributed by atoms with Crippen molar-refractivity contribution in [2.45, 2.75) is 34.1 Å². The van der Waals surface area contributed by atoms with Crippen molar-refractivity contribution in [2.24, 2.45) is 0 Å². The zero-order valence-corrected chi connectivity index (χ0v) is 10.4. The molecule has 0 aliphatic heterocycles. The van der Waals surface area contributed by atoms with Crippen molar-refractivity contribution in [2.75, 3.05) is 0 Å². The van der Waals surface area contributed by atoms with Crippen LogP contribution in [0.15, 0.2) is 30.9 Å². The first-order valence-corrected chi connectivity index (χ1v) is 5.70. The Balaban J connectivity index is 0.000000921. The highest BCUT2D eigenvalue weighted by Crippen LogP contribution is 2.18. The molecular formula is C15H22. The van der Waals surface area contributed by atoms with E-state index in [4.69, 9.17) is 0 Å². The molecule has 0 amide bonds. The Morgan fingerprint density at radius 3 is 2.40 bits per heavy atom. The van der Waals surface area contributed by atoms with Crippen LogP contribution in [-0.4, -0.2) is 0 Å². The van der Waals surface area contributed by atoms with Crippen molar-refractivity contribution >= 4 is 12.2 Å². The predicted octanol–water partition coefficient (Wildman–Crippen LogP) is 4.95. The maximum atomic E-state index is 3.85. The molecule has 0 bridgehead atoms. The highest BCUT2D eigenvalue weighted by atomic mass is 14.0. The van der Waals surface area contributed by atoms with E-state index in [2.05, 4.69) is 43.9 Å². The molecule has 0 aliphatic carbocycles. The van der Waals surface area contributed by atoms with E-state index in [0.717, 1.165) is 6.42 Å². The second kappa shape index (κ2) is 8.05. The van der Waals surface area contributed by atoms with Crippen LogP contribution in [0, 0.1) is 0 Å². The smallest absolute Gasteiger partial charge is 0.0158 e. The van der Waals surface area contributed by atoms with Crippen LogP contribution in [-0.2, 0) is 6.42 Å². The summed E-state index contributed by atoms with van der Waals surface area (Å²) >= 11 is 0. The first-order valence-electron chi connectivity index (χ1n) is 5.70. The summed E-state index contributed by atoms with van der Waals surface area (Å²) in [6.45, 7) is 12.1. The van der Waals surface area contributed by atoms with Crippen LogP contribution in [0.5, 0.6) is 0 Å². The molecule has 0 fully saturated rings. The summed E-state index contributed by atoms with van der Waals surface area (Å²) in [6, 6.07) is 6.38. The van der Waals surface area contributed by atoms with Crippen LogP contribution in [0.1, 0.15) is 44.4 Å². The van der Waals surface area contributed by atoms with Gasteiger partial charge in [-0.1, -0.05) is 63.8 Å². The van der Waals surface area contributed by atoms with Gasteiger partial charge in [0.2, 0.25) is 0 Å². The molecule has 0 saturated heterocycles. The summed E-state index contributed by atoms with van der Waals surface area (Å²) < 4.78 is 0. The largest absolute Gasteiger partial charge is 0.0984 e. The molecule has 0 nitrogen and oxygen atoms in total. The number of rotatable bonds is 3. The van der Waals surface area contributed by atoms with Gasteiger partial charge >= 0.3 is 0 Å². The molecule has 0 saturated carbocycles. The van der Waals surface area contributed by atoms with Gasteiger partial charge in [-0.25, -0.2) is 0 Å². The van der Waals surface area contributed by atoms with Gasteiger partial charge in [0, 0.05) is 0 Å². The number of allylic oxidation sites excluding steroid dienone is 1. The average molecular weight is 202 g/mol. The zero-order chi connectivity index (χ0) is 11.7. The van der Waals surface area contributed by atoms with Gasteiger partial charge in [-0.15, -0.1) is 0 Å². The van der Waals surface area contributed by atoms with Crippen molar-refractivity contribution in [1.29, 1.82) is 0 Å². The van der Waals surface area contributed by atoms with Crippen molar-refractivity contribution in [1.82, 2.24) is 0 Å². The highest BCUT2D eigenvalue weighted by Gasteiger charge is 1.99. The van der Waals surface area contributed by atoms with Gasteiger partial charge < -0.3 is 0 Å². The minimum absolute atomic E-state index is 1.06. The molecule has 0 spiro atoms. The number of hydrogen-bond donors (Lipinski definition) is 0. The fourth-order valence-electron chi connectivity index (χ4n) is 1.52. The Kier molecular flexibility index (Phi) is 7.35. The van der Waals surface area contributed by atoms with Gasteiger partial charge in [0.1, 0.15) is 0 Å². The van der Waals surface area contributed by atoms with E-state index < -0.39 is 0 Å². The average Bonchev–Trinajstić information content (AvgIpc) is 2.31. The molecular weight excluding hydrogens is 180 g/mol. The molecule has 0 N–H and O–H groups in total. The molecule has 0 unspecified atom stereocenters. The molecule has 1 aromatic rings. The lowest BCUT2D eigenvalue weighted by molar-refractivity contribution is 1.13. The molecule has 0 aromatic heterocycles. The van der Waals surface area contributed by atoms with Gasteiger partial charge in [-0.3, -0.25) is 0 Å². The summed E-state index contributed by atoms with van der Waals surface area (Å²) in [6.07, 6.45) is 7.18. The van der Waals surface area contributed by atoms with Gasteiger partial charge in [0.15, 0.2) is 0 Å². The van der Waals surface area contributed by atoms with Crippen molar-refractivity contribution in [3.63, 3.8) is 0 Å². The summed E-state index contributed by atoms with van der Waals surface area (Å²) in [4.78, 5) is 0. The van der Waals surface area contributed by atoms with Gasteiger partial charge in [0.25, 0.3) is 0 Å². The Labute approximate surface area is 94.3 Å². The third-order valence-electron chi connectivity index (χ3n) is 2.16. The minimum atomic E-state index is 1.06. The topological polar surface area (TPSA) is 0 Å². The molecule has 0 heterocycles. The van der Waals surface area contributed by atoms with Crippen LogP contribution < -0.4 is 0 Å². The lowest BCUT2D eigenvalue weighted by Crippen LogP contribution is -1.89. The number of aryl methyl sites for hydroxylation is 1. The van der Waals surface area contributed by atoms with E-state index >= 15 is 0 Å². The molecule has 0 radical (unpaired) electrons. The third-order valence-corrected chi connectivity index (χ3v) is 2.16. The zero-order valence-electron chi connectivity index (χ0n) is 10.4. The molecule has 0 heteroatoms. The highest BCUT2D eigenvalue weighted by molar-refractivity contribution is 5.66. The molecule has 0 atom stereocenters.